The molecule has 3 rings (SSSR count). The monoisotopic (exact) mass is 458 g/mol. The van der Waals surface area contributed by atoms with Gasteiger partial charge in [0.1, 0.15) is 12.4 Å². The number of alkyl halides is 3. The third kappa shape index (κ3) is 6.58. The Balaban J connectivity index is 1.76. The molecule has 0 aliphatic carbocycles. The van der Waals surface area contributed by atoms with Gasteiger partial charge in [0.05, 0.1) is 24.6 Å². The van der Waals surface area contributed by atoms with Gasteiger partial charge in [0.2, 0.25) is 0 Å². The zero-order valence-corrected chi connectivity index (χ0v) is 17.8. The molecule has 4 nitrogen and oxygen atoms in total. The first-order valence-electron chi connectivity index (χ1n) is 9.95. The lowest BCUT2D eigenvalue weighted by Crippen LogP contribution is -2.04. The maximum absolute atomic E-state index is 13.1. The molecule has 0 aliphatic rings. The Bertz CT molecular complexity index is 1110. The summed E-state index contributed by atoms with van der Waals surface area (Å²) in [6, 6.07) is 14.2. The van der Waals surface area contributed by atoms with Gasteiger partial charge in [0, 0.05) is 5.56 Å². The van der Waals surface area contributed by atoms with Gasteiger partial charge in [0.15, 0.2) is 11.5 Å². The molecule has 0 saturated carbocycles. The molecule has 0 saturated heterocycles. The highest BCUT2D eigenvalue weighted by Crippen LogP contribution is 2.34. The molecule has 1 N–H and O–H groups in total. The van der Waals surface area contributed by atoms with E-state index in [4.69, 9.17) is 9.47 Å². The minimum absolute atomic E-state index is 0.226. The first kappa shape index (κ1) is 23.8. The molecule has 33 heavy (non-hydrogen) atoms. The topological polar surface area (TPSA) is 42.9 Å². The summed E-state index contributed by atoms with van der Waals surface area (Å²) in [4.78, 5) is 0. The Morgan fingerprint density at radius 3 is 2.33 bits per heavy atom. The molecule has 3 aromatic rings. The van der Waals surface area contributed by atoms with Crippen molar-refractivity contribution >= 4 is 11.9 Å². The smallest absolute Gasteiger partial charge is 0.416 e. The van der Waals surface area contributed by atoms with Crippen molar-refractivity contribution in [2.75, 3.05) is 12.5 Å². The van der Waals surface area contributed by atoms with Crippen molar-refractivity contribution in [3.05, 3.63) is 101 Å². The SMILES string of the molecule is C=CCc1cc(/C=N/Nc2ccc(C(F)(F)F)cc2)cc(OC)c1OCc1ccc(F)cc1. The maximum Gasteiger partial charge on any atom is 0.416 e. The van der Waals surface area contributed by atoms with E-state index in [2.05, 4.69) is 17.1 Å². The third-order valence-corrected chi connectivity index (χ3v) is 4.65. The van der Waals surface area contributed by atoms with Gasteiger partial charge in [-0.15, -0.1) is 6.58 Å². The lowest BCUT2D eigenvalue weighted by atomic mass is 10.1. The summed E-state index contributed by atoms with van der Waals surface area (Å²) in [5, 5.41) is 4.10. The van der Waals surface area contributed by atoms with Gasteiger partial charge >= 0.3 is 6.18 Å². The lowest BCUT2D eigenvalue weighted by molar-refractivity contribution is -0.137. The van der Waals surface area contributed by atoms with Gasteiger partial charge in [-0.1, -0.05) is 18.2 Å². The summed E-state index contributed by atoms with van der Waals surface area (Å²) in [5.41, 5.74) is 4.69. The minimum Gasteiger partial charge on any atom is -0.493 e. The number of anilines is 1. The number of hydrogen-bond donors (Lipinski definition) is 1. The second-order valence-electron chi connectivity index (χ2n) is 7.06. The fourth-order valence-electron chi connectivity index (χ4n) is 3.03. The van der Waals surface area contributed by atoms with Crippen LogP contribution < -0.4 is 14.9 Å². The number of hydrazone groups is 1. The summed E-state index contributed by atoms with van der Waals surface area (Å²) in [6.07, 6.45) is -0.638. The minimum atomic E-state index is -4.39. The molecule has 0 amide bonds. The van der Waals surface area contributed by atoms with E-state index in [1.807, 2.05) is 6.07 Å². The van der Waals surface area contributed by atoms with Crippen molar-refractivity contribution in [2.45, 2.75) is 19.2 Å². The van der Waals surface area contributed by atoms with Gasteiger partial charge < -0.3 is 9.47 Å². The molecule has 0 spiro atoms. The summed E-state index contributed by atoms with van der Waals surface area (Å²) < 4.78 is 62.6. The van der Waals surface area contributed by atoms with Crippen LogP contribution in [0.3, 0.4) is 0 Å². The third-order valence-electron chi connectivity index (χ3n) is 4.65. The second-order valence-corrected chi connectivity index (χ2v) is 7.06. The number of methoxy groups -OCH3 is 1. The van der Waals surface area contributed by atoms with Crippen LogP contribution in [0.4, 0.5) is 23.2 Å². The summed E-state index contributed by atoms with van der Waals surface area (Å²) in [6.45, 7) is 4.00. The zero-order chi connectivity index (χ0) is 23.8. The van der Waals surface area contributed by atoms with Crippen LogP contribution in [-0.4, -0.2) is 13.3 Å². The molecule has 0 atom stereocenters. The Labute approximate surface area is 189 Å². The van der Waals surface area contributed by atoms with E-state index in [0.717, 1.165) is 23.3 Å². The van der Waals surface area contributed by atoms with Crippen molar-refractivity contribution in [2.24, 2.45) is 5.10 Å². The fraction of sp³-hybridized carbons (Fsp3) is 0.160. The number of ether oxygens (including phenoxy) is 2. The molecule has 0 bridgehead atoms. The molecular formula is C25H22F4N2O2. The molecule has 8 heteroatoms. The zero-order valence-electron chi connectivity index (χ0n) is 17.8. The predicted molar refractivity (Wildman–Crippen MR) is 120 cm³/mol. The first-order chi connectivity index (χ1) is 15.8. The Morgan fingerprint density at radius 2 is 1.73 bits per heavy atom. The molecule has 3 aromatic carbocycles. The fourth-order valence-corrected chi connectivity index (χ4v) is 3.03. The van der Waals surface area contributed by atoms with Crippen LogP contribution in [0.25, 0.3) is 0 Å². The van der Waals surface area contributed by atoms with Crippen molar-refractivity contribution in [1.82, 2.24) is 0 Å². The molecule has 0 aliphatic heterocycles. The number of hydrogen-bond acceptors (Lipinski definition) is 4. The van der Waals surface area contributed by atoms with E-state index in [0.29, 0.717) is 29.2 Å². The number of nitrogens with one attached hydrogen (secondary N) is 1. The molecule has 0 aromatic heterocycles. The maximum atomic E-state index is 13.1. The predicted octanol–water partition coefficient (Wildman–Crippen LogP) is 6.61. The van der Waals surface area contributed by atoms with Gasteiger partial charge in [-0.25, -0.2) is 4.39 Å². The number of rotatable bonds is 9. The largest absolute Gasteiger partial charge is 0.493 e. The highest BCUT2D eigenvalue weighted by Gasteiger charge is 2.29. The summed E-state index contributed by atoms with van der Waals surface area (Å²) >= 11 is 0. The molecule has 172 valence electrons. The number of allylic oxidation sites excluding steroid dienone is 1. The Morgan fingerprint density at radius 1 is 1.03 bits per heavy atom. The number of benzene rings is 3. The summed E-state index contributed by atoms with van der Waals surface area (Å²) in [7, 11) is 1.51. The van der Waals surface area contributed by atoms with Crippen molar-refractivity contribution in [1.29, 1.82) is 0 Å². The standard InChI is InChI=1S/C25H22F4N2O2/c1-3-4-19-13-18(15-30-31-22-11-7-20(8-12-22)25(27,28)29)14-23(32-2)24(19)33-16-17-5-9-21(26)10-6-17/h3,5-15,31H,1,4,16H2,2H3/b30-15+. The highest BCUT2D eigenvalue weighted by atomic mass is 19.4. The molecule has 0 fully saturated rings. The Hall–Kier alpha value is -3.81. The van der Waals surface area contributed by atoms with E-state index in [1.165, 1.54) is 37.6 Å². The second kappa shape index (κ2) is 10.7. The lowest BCUT2D eigenvalue weighted by Gasteiger charge is -2.16. The Kier molecular flexibility index (Phi) is 7.71. The molecule has 0 radical (unpaired) electrons. The average molecular weight is 458 g/mol. The van der Waals surface area contributed by atoms with E-state index >= 15 is 0 Å². The molecule has 0 unspecified atom stereocenters. The van der Waals surface area contributed by atoms with E-state index in [1.54, 1.807) is 24.3 Å². The van der Waals surface area contributed by atoms with Crippen LogP contribution in [0, 0.1) is 5.82 Å². The van der Waals surface area contributed by atoms with Gasteiger partial charge in [-0.05, 0) is 66.1 Å². The van der Waals surface area contributed by atoms with Gasteiger partial charge in [-0.2, -0.15) is 18.3 Å². The molecular weight excluding hydrogens is 436 g/mol. The van der Waals surface area contributed by atoms with Crippen LogP contribution in [0.1, 0.15) is 22.3 Å². The van der Waals surface area contributed by atoms with Crippen LogP contribution >= 0.6 is 0 Å². The van der Waals surface area contributed by atoms with Crippen LogP contribution in [0.2, 0.25) is 0 Å². The van der Waals surface area contributed by atoms with Crippen molar-refractivity contribution in [3.63, 3.8) is 0 Å². The van der Waals surface area contributed by atoms with Crippen molar-refractivity contribution in [3.8, 4) is 11.5 Å². The number of halogens is 4. The van der Waals surface area contributed by atoms with Crippen LogP contribution in [-0.2, 0) is 19.2 Å². The van der Waals surface area contributed by atoms with E-state index < -0.39 is 11.7 Å². The number of nitrogens with zero attached hydrogens (tertiary/aromatic N) is 1. The van der Waals surface area contributed by atoms with Gasteiger partial charge in [0.25, 0.3) is 0 Å². The average Bonchev–Trinajstić information content (AvgIpc) is 2.79. The van der Waals surface area contributed by atoms with Crippen molar-refractivity contribution < 1.29 is 27.0 Å². The van der Waals surface area contributed by atoms with E-state index in [-0.39, 0.29) is 12.4 Å². The quantitative estimate of drug-likeness (QED) is 0.170. The normalized spacial score (nSPS) is 11.4. The van der Waals surface area contributed by atoms with E-state index in [9.17, 15) is 17.6 Å². The van der Waals surface area contributed by atoms with Gasteiger partial charge in [-0.3, -0.25) is 5.43 Å². The van der Waals surface area contributed by atoms with Crippen LogP contribution in [0.15, 0.2) is 78.4 Å². The molecule has 0 heterocycles. The van der Waals surface area contributed by atoms with Crippen LogP contribution in [0.5, 0.6) is 11.5 Å². The summed E-state index contributed by atoms with van der Waals surface area (Å²) in [5.74, 6) is 0.694. The first-order valence-corrected chi connectivity index (χ1v) is 9.95. The highest BCUT2D eigenvalue weighted by molar-refractivity contribution is 5.82.